The van der Waals surface area contributed by atoms with Gasteiger partial charge in [-0.2, -0.15) is 5.06 Å². The minimum atomic E-state index is -0.726. The van der Waals surface area contributed by atoms with Gasteiger partial charge < -0.3 is 9.64 Å². The summed E-state index contributed by atoms with van der Waals surface area (Å²) in [5, 5.41) is 12.2. The maximum absolute atomic E-state index is 11.8. The van der Waals surface area contributed by atoms with Gasteiger partial charge in [0, 0.05) is 4.88 Å². The maximum atomic E-state index is 11.8. The first-order valence-electron chi connectivity index (χ1n) is 5.09. The number of carbonyl (C=O) groups excluding carboxylic acids is 2. The quantitative estimate of drug-likeness (QED) is 0.602. The number of amides is 2. The lowest BCUT2D eigenvalue weighted by molar-refractivity contribution is -0.146. The Morgan fingerprint density at radius 2 is 2.41 bits per heavy atom. The Morgan fingerprint density at radius 1 is 1.65 bits per heavy atom. The molecule has 1 aromatic heterocycles. The first kappa shape index (κ1) is 10.5. The highest BCUT2D eigenvalue weighted by Crippen LogP contribution is 2.45. The number of fused-ring (bicyclic) bond motifs is 4. The van der Waals surface area contributed by atoms with E-state index in [-0.39, 0.29) is 6.04 Å². The molecule has 2 amide bonds. The molecule has 7 heteroatoms. The van der Waals surface area contributed by atoms with Crippen LogP contribution in [0.2, 0.25) is 0 Å². The van der Waals surface area contributed by atoms with Gasteiger partial charge in [-0.15, -0.1) is 11.3 Å². The van der Waals surface area contributed by atoms with E-state index in [1.165, 1.54) is 23.3 Å². The van der Waals surface area contributed by atoms with Crippen molar-refractivity contribution in [1.29, 1.82) is 0 Å². The highest BCUT2D eigenvalue weighted by atomic mass is 32.1. The molecule has 1 fully saturated rings. The number of urea groups is 1. The molecular formula is C10H10N2O4S. The molecule has 2 aliphatic rings. The lowest BCUT2D eigenvalue weighted by Gasteiger charge is -2.28. The van der Waals surface area contributed by atoms with Gasteiger partial charge in [0.15, 0.2) is 6.04 Å². The Bertz CT molecular complexity index is 500. The zero-order chi connectivity index (χ0) is 12.2. The zero-order valence-electron chi connectivity index (χ0n) is 8.99. The normalized spacial score (nSPS) is 26.1. The van der Waals surface area contributed by atoms with E-state index in [0.29, 0.717) is 11.6 Å². The summed E-state index contributed by atoms with van der Waals surface area (Å²) in [6.45, 7) is 0.318. The molecule has 90 valence electrons. The van der Waals surface area contributed by atoms with Gasteiger partial charge in [-0.05, 0) is 17.0 Å². The monoisotopic (exact) mass is 254 g/mol. The molecule has 0 spiro atoms. The molecule has 0 radical (unpaired) electrons. The fourth-order valence-electron chi connectivity index (χ4n) is 2.37. The highest BCUT2D eigenvalue weighted by molar-refractivity contribution is 7.10. The van der Waals surface area contributed by atoms with Gasteiger partial charge in [-0.3, -0.25) is 5.21 Å². The van der Waals surface area contributed by atoms with Crippen LogP contribution in [0.1, 0.15) is 22.5 Å². The predicted octanol–water partition coefficient (Wildman–Crippen LogP) is 1.14. The zero-order valence-corrected chi connectivity index (χ0v) is 9.81. The van der Waals surface area contributed by atoms with Crippen molar-refractivity contribution >= 4 is 23.3 Å². The summed E-state index contributed by atoms with van der Waals surface area (Å²) in [6.07, 6.45) is 0. The molecule has 1 N–H and O–H groups in total. The Balaban J connectivity index is 2.13. The van der Waals surface area contributed by atoms with Crippen molar-refractivity contribution in [3.8, 4) is 0 Å². The average Bonchev–Trinajstić information content (AvgIpc) is 2.90. The van der Waals surface area contributed by atoms with Gasteiger partial charge in [0.2, 0.25) is 0 Å². The Hall–Kier alpha value is -1.60. The predicted molar refractivity (Wildman–Crippen MR) is 57.5 cm³/mol. The van der Waals surface area contributed by atoms with E-state index in [1.807, 2.05) is 11.4 Å². The molecule has 1 unspecified atom stereocenters. The largest absolute Gasteiger partial charge is 0.467 e. The van der Waals surface area contributed by atoms with Crippen molar-refractivity contribution in [3.05, 3.63) is 21.9 Å². The summed E-state index contributed by atoms with van der Waals surface area (Å²) >= 11 is 1.40. The Kier molecular flexibility index (Phi) is 2.14. The van der Waals surface area contributed by atoms with Gasteiger partial charge in [-0.25, -0.2) is 9.59 Å². The lowest BCUT2D eigenvalue weighted by Crippen LogP contribution is -2.38. The standard InChI is InChI=1S/C10H10N2O4S/c1-16-9(13)7-8-5(2-3-17-8)6-4-11(7)10(14)12(6)15/h2-3,6-7,15H,4H2,1H3/t6-,7?/m1/s1. The molecule has 2 aliphatic heterocycles. The number of hydrogen-bond acceptors (Lipinski definition) is 5. The first-order chi connectivity index (χ1) is 8.15. The molecule has 0 aliphatic carbocycles. The number of hydrogen-bond donors (Lipinski definition) is 1. The smallest absolute Gasteiger partial charge is 0.345 e. The Morgan fingerprint density at radius 3 is 3.12 bits per heavy atom. The molecule has 6 nitrogen and oxygen atoms in total. The molecular weight excluding hydrogens is 244 g/mol. The SMILES string of the molecule is COC(=O)C1c2sccc2[C@H]2CN1C(=O)N2O. The van der Waals surface area contributed by atoms with Crippen LogP contribution in [0.5, 0.6) is 0 Å². The van der Waals surface area contributed by atoms with Crippen molar-refractivity contribution in [2.45, 2.75) is 12.1 Å². The minimum absolute atomic E-state index is 0.318. The van der Waals surface area contributed by atoms with Crippen LogP contribution in [-0.4, -0.2) is 40.8 Å². The van der Waals surface area contributed by atoms with Gasteiger partial charge in [0.1, 0.15) is 6.04 Å². The third kappa shape index (κ3) is 1.23. The summed E-state index contributed by atoms with van der Waals surface area (Å²) in [5.74, 6) is -0.476. The van der Waals surface area contributed by atoms with E-state index in [1.54, 1.807) is 0 Å². The summed E-state index contributed by atoms with van der Waals surface area (Å²) in [7, 11) is 1.29. The van der Waals surface area contributed by atoms with Crippen molar-refractivity contribution in [1.82, 2.24) is 9.96 Å². The average molecular weight is 254 g/mol. The molecule has 17 heavy (non-hydrogen) atoms. The number of hydroxylamine groups is 2. The van der Waals surface area contributed by atoms with Crippen LogP contribution in [0.15, 0.2) is 11.4 Å². The molecule has 0 saturated carbocycles. The highest BCUT2D eigenvalue weighted by Gasteiger charge is 2.51. The van der Waals surface area contributed by atoms with Crippen LogP contribution in [0.25, 0.3) is 0 Å². The third-order valence-corrected chi connectivity index (χ3v) is 4.16. The van der Waals surface area contributed by atoms with Crippen LogP contribution >= 0.6 is 11.3 Å². The van der Waals surface area contributed by atoms with Crippen LogP contribution in [0.3, 0.4) is 0 Å². The van der Waals surface area contributed by atoms with Crippen molar-refractivity contribution in [2.24, 2.45) is 0 Å². The van der Waals surface area contributed by atoms with E-state index in [9.17, 15) is 14.8 Å². The van der Waals surface area contributed by atoms with Crippen LogP contribution in [0, 0.1) is 0 Å². The number of methoxy groups -OCH3 is 1. The third-order valence-electron chi connectivity index (χ3n) is 3.18. The molecule has 2 bridgehead atoms. The van der Waals surface area contributed by atoms with E-state index < -0.39 is 18.0 Å². The van der Waals surface area contributed by atoms with Crippen LogP contribution in [-0.2, 0) is 9.53 Å². The number of esters is 1. The van der Waals surface area contributed by atoms with Gasteiger partial charge in [0.25, 0.3) is 0 Å². The summed E-state index contributed by atoms with van der Waals surface area (Å²) in [5.41, 5.74) is 0.829. The minimum Gasteiger partial charge on any atom is -0.467 e. The van der Waals surface area contributed by atoms with Crippen molar-refractivity contribution in [2.75, 3.05) is 13.7 Å². The van der Waals surface area contributed by atoms with Gasteiger partial charge in [0.05, 0.1) is 13.7 Å². The molecule has 1 aromatic rings. The fraction of sp³-hybridized carbons (Fsp3) is 0.400. The van der Waals surface area contributed by atoms with E-state index in [2.05, 4.69) is 0 Å². The first-order valence-corrected chi connectivity index (χ1v) is 5.97. The fourth-order valence-corrected chi connectivity index (χ4v) is 3.42. The number of carbonyl (C=O) groups is 2. The van der Waals surface area contributed by atoms with Crippen LogP contribution in [0.4, 0.5) is 4.79 Å². The number of ether oxygens (including phenoxy) is 1. The molecule has 1 saturated heterocycles. The molecule has 2 atom stereocenters. The van der Waals surface area contributed by atoms with E-state index in [0.717, 1.165) is 10.4 Å². The van der Waals surface area contributed by atoms with Crippen molar-refractivity contribution < 1.29 is 19.5 Å². The number of rotatable bonds is 1. The maximum Gasteiger partial charge on any atom is 0.345 e. The molecule has 0 aromatic carbocycles. The van der Waals surface area contributed by atoms with E-state index in [4.69, 9.17) is 4.74 Å². The second kappa shape index (κ2) is 3.44. The number of nitrogens with zero attached hydrogens (tertiary/aromatic N) is 2. The summed E-state index contributed by atoms with van der Waals surface area (Å²) < 4.78 is 4.72. The van der Waals surface area contributed by atoms with Gasteiger partial charge >= 0.3 is 12.0 Å². The van der Waals surface area contributed by atoms with Gasteiger partial charge in [-0.1, -0.05) is 0 Å². The Labute approximate surface area is 101 Å². The molecule has 3 rings (SSSR count). The topological polar surface area (TPSA) is 70.1 Å². The summed E-state index contributed by atoms with van der Waals surface area (Å²) in [6, 6.07) is 0.189. The second-order valence-corrected chi connectivity index (χ2v) is 4.91. The number of thiophene rings is 1. The second-order valence-electron chi connectivity index (χ2n) is 3.96. The summed E-state index contributed by atoms with van der Waals surface area (Å²) in [4.78, 5) is 25.7. The van der Waals surface area contributed by atoms with Crippen LogP contribution < -0.4 is 0 Å². The van der Waals surface area contributed by atoms with E-state index >= 15 is 0 Å². The molecule has 3 heterocycles. The van der Waals surface area contributed by atoms with Crippen molar-refractivity contribution in [3.63, 3.8) is 0 Å². The lowest BCUT2D eigenvalue weighted by atomic mass is 10.00.